The maximum Gasteiger partial charge on any atom is 0.0545 e. The van der Waals surface area contributed by atoms with E-state index in [1.165, 1.54) is 11.1 Å². The number of hydrogen-bond acceptors (Lipinski definition) is 2. The fraction of sp³-hybridized carbons (Fsp3) is 0.250. The van der Waals surface area contributed by atoms with Gasteiger partial charge in [0.25, 0.3) is 0 Å². The van der Waals surface area contributed by atoms with Gasteiger partial charge in [-0.3, -0.25) is 0 Å². The molecule has 2 aromatic carbocycles. The molecule has 0 saturated carbocycles. The third-order valence-electron chi connectivity index (χ3n) is 3.13. The molecule has 0 aliphatic carbocycles. The Morgan fingerprint density at radius 3 is 2.58 bits per heavy atom. The lowest BCUT2D eigenvalue weighted by Gasteiger charge is -2.10. The van der Waals surface area contributed by atoms with Crippen molar-refractivity contribution in [2.75, 3.05) is 0 Å². The molecule has 0 saturated heterocycles. The Labute approximate surface area is 124 Å². The first-order valence-corrected chi connectivity index (χ1v) is 7.66. The van der Waals surface area contributed by atoms with Crippen molar-refractivity contribution in [1.29, 1.82) is 0 Å². The molecule has 0 aliphatic heterocycles. The van der Waals surface area contributed by atoms with Gasteiger partial charge in [0, 0.05) is 16.7 Å². The molecule has 0 bridgehead atoms. The summed E-state index contributed by atoms with van der Waals surface area (Å²) >= 11 is 8.07. The number of hydrogen-bond donors (Lipinski definition) is 1. The molecule has 2 aromatic rings. The molecule has 3 heteroatoms. The third kappa shape index (κ3) is 3.75. The van der Waals surface area contributed by atoms with Crippen LogP contribution in [-0.2, 0) is 5.75 Å². The Kier molecular flexibility index (Phi) is 4.92. The highest BCUT2D eigenvalue weighted by Crippen LogP contribution is 2.32. The topological polar surface area (TPSA) is 26.0 Å². The molecule has 0 spiro atoms. The highest BCUT2D eigenvalue weighted by atomic mass is 35.5. The highest BCUT2D eigenvalue weighted by molar-refractivity contribution is 7.98. The second kappa shape index (κ2) is 6.47. The summed E-state index contributed by atoms with van der Waals surface area (Å²) in [5.74, 6) is 0.934. The zero-order valence-electron chi connectivity index (χ0n) is 11.2. The van der Waals surface area contributed by atoms with E-state index in [4.69, 9.17) is 17.3 Å². The predicted octanol–water partition coefficient (Wildman–Crippen LogP) is 4.96. The lowest BCUT2D eigenvalue weighted by atomic mass is 10.1. The summed E-state index contributed by atoms with van der Waals surface area (Å²) in [6.45, 7) is 4.10. The van der Waals surface area contributed by atoms with Crippen LogP contribution in [0.2, 0.25) is 5.02 Å². The molecule has 0 fully saturated rings. The Balaban J connectivity index is 2.10. The first-order chi connectivity index (χ1) is 9.08. The number of rotatable bonds is 4. The monoisotopic (exact) mass is 291 g/mol. The molecule has 0 heterocycles. The average Bonchev–Trinajstić information content (AvgIpc) is 2.39. The molecular weight excluding hydrogens is 274 g/mol. The summed E-state index contributed by atoms with van der Waals surface area (Å²) in [7, 11) is 0. The fourth-order valence-corrected chi connectivity index (χ4v) is 3.19. The van der Waals surface area contributed by atoms with Gasteiger partial charge in [-0.15, -0.1) is 11.8 Å². The van der Waals surface area contributed by atoms with E-state index in [9.17, 15) is 0 Å². The minimum atomic E-state index is 0.0212. The molecule has 0 amide bonds. The number of aryl methyl sites for hydroxylation is 1. The average molecular weight is 292 g/mol. The van der Waals surface area contributed by atoms with E-state index in [-0.39, 0.29) is 6.04 Å². The van der Waals surface area contributed by atoms with Gasteiger partial charge in [-0.25, -0.2) is 0 Å². The van der Waals surface area contributed by atoms with Crippen molar-refractivity contribution < 1.29 is 0 Å². The smallest absolute Gasteiger partial charge is 0.0545 e. The van der Waals surface area contributed by atoms with E-state index in [0.29, 0.717) is 0 Å². The van der Waals surface area contributed by atoms with E-state index in [1.807, 2.05) is 13.0 Å². The molecule has 100 valence electrons. The van der Waals surface area contributed by atoms with Crippen molar-refractivity contribution in [2.24, 2.45) is 5.73 Å². The van der Waals surface area contributed by atoms with E-state index < -0.39 is 0 Å². The molecule has 1 unspecified atom stereocenters. The van der Waals surface area contributed by atoms with E-state index in [0.717, 1.165) is 21.2 Å². The van der Waals surface area contributed by atoms with Crippen molar-refractivity contribution in [2.45, 2.75) is 30.5 Å². The quantitative estimate of drug-likeness (QED) is 0.806. The summed E-state index contributed by atoms with van der Waals surface area (Å²) in [5, 5.41) is 0.786. The fourth-order valence-electron chi connectivity index (χ4n) is 1.84. The third-order valence-corrected chi connectivity index (χ3v) is 4.67. The van der Waals surface area contributed by atoms with Gasteiger partial charge in [-0.2, -0.15) is 0 Å². The van der Waals surface area contributed by atoms with Crippen LogP contribution in [0.4, 0.5) is 0 Å². The van der Waals surface area contributed by atoms with Crippen LogP contribution in [0.15, 0.2) is 47.4 Å². The number of halogens is 1. The number of benzene rings is 2. The summed E-state index contributed by atoms with van der Waals surface area (Å²) < 4.78 is 0. The van der Waals surface area contributed by atoms with Crippen LogP contribution in [0.3, 0.4) is 0 Å². The first-order valence-electron chi connectivity index (χ1n) is 6.30. The minimum absolute atomic E-state index is 0.0212. The Hall–Kier alpha value is -0.960. The molecule has 0 radical (unpaired) electrons. The van der Waals surface area contributed by atoms with E-state index in [1.54, 1.807) is 11.8 Å². The highest BCUT2D eigenvalue weighted by Gasteiger charge is 2.06. The summed E-state index contributed by atoms with van der Waals surface area (Å²) in [6.07, 6.45) is 0. The predicted molar refractivity (Wildman–Crippen MR) is 84.8 cm³/mol. The first kappa shape index (κ1) is 14.4. The van der Waals surface area contributed by atoms with Gasteiger partial charge in [-0.05, 0) is 42.7 Å². The zero-order valence-corrected chi connectivity index (χ0v) is 12.8. The van der Waals surface area contributed by atoms with Crippen LogP contribution in [0.5, 0.6) is 0 Å². The van der Waals surface area contributed by atoms with Gasteiger partial charge < -0.3 is 5.73 Å². The molecule has 1 nitrogen and oxygen atoms in total. The van der Waals surface area contributed by atoms with Gasteiger partial charge in [0.05, 0.1) is 5.02 Å². The minimum Gasteiger partial charge on any atom is -0.324 e. The molecule has 0 aliphatic rings. The molecule has 2 N–H and O–H groups in total. The SMILES string of the molecule is Cc1ccccc1CSc1ccc(C(C)N)cc1Cl. The Bertz CT molecular complexity index is 566. The van der Waals surface area contributed by atoms with Gasteiger partial charge in [0.1, 0.15) is 0 Å². The zero-order chi connectivity index (χ0) is 13.8. The Morgan fingerprint density at radius 1 is 1.21 bits per heavy atom. The summed E-state index contributed by atoms with van der Waals surface area (Å²) in [5.41, 5.74) is 9.59. The van der Waals surface area contributed by atoms with Crippen LogP contribution in [0.25, 0.3) is 0 Å². The van der Waals surface area contributed by atoms with Crippen molar-refractivity contribution in [3.05, 3.63) is 64.2 Å². The van der Waals surface area contributed by atoms with Gasteiger partial charge in [-0.1, -0.05) is 41.9 Å². The van der Waals surface area contributed by atoms with Crippen LogP contribution in [0, 0.1) is 6.92 Å². The van der Waals surface area contributed by atoms with E-state index >= 15 is 0 Å². The van der Waals surface area contributed by atoms with Crippen LogP contribution in [-0.4, -0.2) is 0 Å². The lowest BCUT2D eigenvalue weighted by Crippen LogP contribution is -2.04. The molecule has 0 aromatic heterocycles. The lowest BCUT2D eigenvalue weighted by molar-refractivity contribution is 0.817. The maximum absolute atomic E-state index is 6.30. The van der Waals surface area contributed by atoms with Crippen LogP contribution < -0.4 is 5.73 Å². The molecule has 2 rings (SSSR count). The van der Waals surface area contributed by atoms with Crippen LogP contribution in [0.1, 0.15) is 29.7 Å². The van der Waals surface area contributed by atoms with Gasteiger partial charge in [0.15, 0.2) is 0 Å². The second-order valence-electron chi connectivity index (χ2n) is 4.69. The largest absolute Gasteiger partial charge is 0.324 e. The summed E-state index contributed by atoms with van der Waals surface area (Å²) in [6, 6.07) is 14.5. The van der Waals surface area contributed by atoms with Crippen LogP contribution >= 0.6 is 23.4 Å². The molecular formula is C16H18ClNS. The van der Waals surface area contributed by atoms with Crippen molar-refractivity contribution in [3.8, 4) is 0 Å². The number of nitrogens with two attached hydrogens (primary N) is 1. The van der Waals surface area contributed by atoms with Crippen molar-refractivity contribution in [1.82, 2.24) is 0 Å². The van der Waals surface area contributed by atoms with Gasteiger partial charge >= 0.3 is 0 Å². The van der Waals surface area contributed by atoms with Crippen molar-refractivity contribution >= 4 is 23.4 Å². The van der Waals surface area contributed by atoms with Crippen molar-refractivity contribution in [3.63, 3.8) is 0 Å². The standard InChI is InChI=1S/C16H18ClNS/c1-11-5-3-4-6-14(11)10-19-16-8-7-13(12(2)18)9-15(16)17/h3-9,12H,10,18H2,1-2H3. The normalized spacial score (nSPS) is 12.4. The Morgan fingerprint density at radius 2 is 1.95 bits per heavy atom. The summed E-state index contributed by atoms with van der Waals surface area (Å²) in [4.78, 5) is 1.11. The molecule has 1 atom stereocenters. The number of thioether (sulfide) groups is 1. The van der Waals surface area contributed by atoms with E-state index in [2.05, 4.69) is 43.3 Å². The van der Waals surface area contributed by atoms with Gasteiger partial charge in [0.2, 0.25) is 0 Å². The second-order valence-corrected chi connectivity index (χ2v) is 6.12. The molecule has 19 heavy (non-hydrogen) atoms. The maximum atomic E-state index is 6.30.